The van der Waals surface area contributed by atoms with E-state index in [9.17, 15) is 14.4 Å². The summed E-state index contributed by atoms with van der Waals surface area (Å²) in [4.78, 5) is 38.4. The molecule has 2 N–H and O–H groups in total. The largest absolute Gasteiger partial charge is 0.456 e. The Morgan fingerprint density at radius 1 is 1.07 bits per heavy atom. The summed E-state index contributed by atoms with van der Waals surface area (Å²) in [6.07, 6.45) is 3.28. The van der Waals surface area contributed by atoms with Gasteiger partial charge < -0.3 is 15.1 Å². The average Bonchev–Trinajstić information content (AvgIpc) is 3.38. The highest BCUT2D eigenvalue weighted by molar-refractivity contribution is 6.08. The summed E-state index contributed by atoms with van der Waals surface area (Å²) in [5.74, 6) is -0.454. The smallest absolute Gasteiger partial charge is 0.325 e. The highest BCUT2D eigenvalue weighted by Crippen LogP contribution is 2.35. The molecule has 1 aliphatic heterocycles. The number of carbonyl (C=O) groups excluding carboxylic acids is 3. The van der Waals surface area contributed by atoms with Gasteiger partial charge in [-0.25, -0.2) is 4.79 Å². The number of furan rings is 1. The third kappa shape index (κ3) is 2.93. The molecular formula is C22H21N3O4. The zero-order valence-corrected chi connectivity index (χ0v) is 15.9. The fourth-order valence-corrected chi connectivity index (χ4v) is 4.44. The topological polar surface area (TPSA) is 91.7 Å². The lowest BCUT2D eigenvalue weighted by Gasteiger charge is -2.19. The first-order valence-electron chi connectivity index (χ1n) is 9.91. The normalized spacial score (nSPS) is 18.1. The Labute approximate surface area is 167 Å². The number of urea groups is 1. The summed E-state index contributed by atoms with van der Waals surface area (Å²) in [7, 11) is 0. The first kappa shape index (κ1) is 17.7. The molecular weight excluding hydrogens is 370 g/mol. The Bertz CT molecular complexity index is 1140. The van der Waals surface area contributed by atoms with Crippen LogP contribution in [0.3, 0.4) is 0 Å². The lowest BCUT2D eigenvalue weighted by molar-refractivity contribution is -0.131. The Kier molecular flexibility index (Phi) is 4.04. The maximum Gasteiger partial charge on any atom is 0.325 e. The minimum atomic E-state index is -0.736. The number of imide groups is 1. The SMILES string of the molecule is O=C(CCN1C(=O)NC2(CCCC2)C1=O)Nc1ccc2c(c1)oc1ccccc12. The molecule has 5 rings (SSSR count). The van der Waals surface area contributed by atoms with Crippen molar-refractivity contribution in [2.45, 2.75) is 37.6 Å². The lowest BCUT2D eigenvalue weighted by atomic mass is 9.98. The van der Waals surface area contributed by atoms with Crippen LogP contribution in [0.1, 0.15) is 32.1 Å². The van der Waals surface area contributed by atoms with Crippen LogP contribution >= 0.6 is 0 Å². The van der Waals surface area contributed by atoms with Gasteiger partial charge in [0.05, 0.1) is 0 Å². The van der Waals surface area contributed by atoms with Crippen molar-refractivity contribution < 1.29 is 18.8 Å². The van der Waals surface area contributed by atoms with Gasteiger partial charge >= 0.3 is 6.03 Å². The van der Waals surface area contributed by atoms with E-state index in [1.807, 2.05) is 36.4 Å². The molecule has 2 aliphatic rings. The standard InChI is InChI=1S/C22H21N3O4/c26-19(9-12-25-20(27)22(24-21(25)28)10-3-4-11-22)23-14-7-8-16-15-5-1-2-6-17(15)29-18(16)13-14/h1-2,5-8,13H,3-4,9-12H2,(H,23,26)(H,24,28). The highest BCUT2D eigenvalue weighted by atomic mass is 16.3. The van der Waals surface area contributed by atoms with Gasteiger partial charge in [-0.15, -0.1) is 0 Å². The van der Waals surface area contributed by atoms with E-state index in [-0.39, 0.29) is 24.8 Å². The van der Waals surface area contributed by atoms with Crippen molar-refractivity contribution in [1.29, 1.82) is 0 Å². The van der Waals surface area contributed by atoms with Gasteiger partial charge in [0.25, 0.3) is 5.91 Å². The van der Waals surface area contributed by atoms with Gasteiger partial charge in [-0.2, -0.15) is 0 Å². The maximum absolute atomic E-state index is 12.6. The predicted octanol–water partition coefficient (Wildman–Crippen LogP) is 3.78. The molecule has 2 heterocycles. The number of para-hydroxylation sites is 1. The Morgan fingerprint density at radius 3 is 2.66 bits per heavy atom. The van der Waals surface area contributed by atoms with Crippen LogP contribution < -0.4 is 10.6 Å². The molecule has 1 saturated heterocycles. The summed E-state index contributed by atoms with van der Waals surface area (Å²) in [5, 5.41) is 7.67. The highest BCUT2D eigenvalue weighted by Gasteiger charge is 2.52. The van der Waals surface area contributed by atoms with Crippen LogP contribution in [-0.2, 0) is 9.59 Å². The van der Waals surface area contributed by atoms with Gasteiger partial charge in [-0.1, -0.05) is 31.0 Å². The molecule has 7 heteroatoms. The summed E-state index contributed by atoms with van der Waals surface area (Å²) >= 11 is 0. The number of rotatable bonds is 4. The number of hydrogen-bond acceptors (Lipinski definition) is 4. The molecule has 1 saturated carbocycles. The first-order valence-corrected chi connectivity index (χ1v) is 9.91. The van der Waals surface area contributed by atoms with Crippen molar-refractivity contribution in [2.75, 3.05) is 11.9 Å². The van der Waals surface area contributed by atoms with Crippen LogP contribution in [0.4, 0.5) is 10.5 Å². The number of hydrogen-bond donors (Lipinski definition) is 2. The van der Waals surface area contributed by atoms with E-state index in [1.54, 1.807) is 6.07 Å². The van der Waals surface area contributed by atoms with E-state index in [0.717, 1.165) is 29.2 Å². The van der Waals surface area contributed by atoms with Crippen LogP contribution in [0.2, 0.25) is 0 Å². The van der Waals surface area contributed by atoms with Gasteiger partial charge in [0, 0.05) is 35.5 Å². The Balaban J connectivity index is 1.25. The second-order valence-electron chi connectivity index (χ2n) is 7.78. The van der Waals surface area contributed by atoms with Gasteiger partial charge in [0.15, 0.2) is 0 Å². The molecule has 148 valence electrons. The van der Waals surface area contributed by atoms with Crippen molar-refractivity contribution in [3.63, 3.8) is 0 Å². The summed E-state index contributed by atoms with van der Waals surface area (Å²) in [6.45, 7) is 0.0745. The van der Waals surface area contributed by atoms with Crippen molar-refractivity contribution in [2.24, 2.45) is 0 Å². The molecule has 1 aliphatic carbocycles. The predicted molar refractivity (Wildman–Crippen MR) is 108 cm³/mol. The van der Waals surface area contributed by atoms with Crippen molar-refractivity contribution in [3.05, 3.63) is 42.5 Å². The van der Waals surface area contributed by atoms with Crippen LogP contribution in [0.25, 0.3) is 21.9 Å². The molecule has 4 amide bonds. The second kappa shape index (κ2) is 6.62. The van der Waals surface area contributed by atoms with E-state index < -0.39 is 11.6 Å². The zero-order chi connectivity index (χ0) is 20.0. The lowest BCUT2D eigenvalue weighted by Crippen LogP contribution is -2.44. The van der Waals surface area contributed by atoms with Gasteiger partial charge in [0.1, 0.15) is 16.7 Å². The van der Waals surface area contributed by atoms with Gasteiger partial charge in [0.2, 0.25) is 5.91 Å². The van der Waals surface area contributed by atoms with Crippen LogP contribution in [0.15, 0.2) is 46.9 Å². The molecule has 7 nitrogen and oxygen atoms in total. The van der Waals surface area contributed by atoms with Crippen LogP contribution in [0.5, 0.6) is 0 Å². The molecule has 0 atom stereocenters. The van der Waals surface area contributed by atoms with Crippen molar-refractivity contribution in [1.82, 2.24) is 10.2 Å². The second-order valence-corrected chi connectivity index (χ2v) is 7.78. The number of amides is 4. The van der Waals surface area contributed by atoms with E-state index in [2.05, 4.69) is 10.6 Å². The number of carbonyl (C=O) groups is 3. The van der Waals surface area contributed by atoms with Crippen molar-refractivity contribution in [3.8, 4) is 0 Å². The minimum Gasteiger partial charge on any atom is -0.456 e. The first-order chi connectivity index (χ1) is 14.1. The molecule has 1 aromatic heterocycles. The Hall–Kier alpha value is -3.35. The van der Waals surface area contributed by atoms with Gasteiger partial charge in [-0.05, 0) is 31.0 Å². The van der Waals surface area contributed by atoms with E-state index in [4.69, 9.17) is 4.42 Å². The summed E-state index contributed by atoms with van der Waals surface area (Å²) in [6, 6.07) is 12.9. The van der Waals surface area contributed by atoms with E-state index in [1.165, 1.54) is 4.90 Å². The average molecular weight is 391 g/mol. The zero-order valence-electron chi connectivity index (χ0n) is 15.9. The number of benzene rings is 2. The molecule has 1 spiro atoms. The third-order valence-corrected chi connectivity index (χ3v) is 5.93. The molecule has 0 bridgehead atoms. The number of fused-ring (bicyclic) bond motifs is 3. The van der Waals surface area contributed by atoms with E-state index >= 15 is 0 Å². The minimum absolute atomic E-state index is 0.0490. The van der Waals surface area contributed by atoms with Crippen LogP contribution in [0, 0.1) is 0 Å². The monoisotopic (exact) mass is 391 g/mol. The quantitative estimate of drug-likeness (QED) is 0.662. The summed E-state index contributed by atoms with van der Waals surface area (Å²) in [5.41, 5.74) is 1.37. The molecule has 3 aromatic rings. The van der Waals surface area contributed by atoms with Crippen molar-refractivity contribution >= 4 is 45.5 Å². The number of nitrogens with one attached hydrogen (secondary N) is 2. The molecule has 0 radical (unpaired) electrons. The Morgan fingerprint density at radius 2 is 1.83 bits per heavy atom. The summed E-state index contributed by atoms with van der Waals surface area (Å²) < 4.78 is 5.84. The molecule has 2 aromatic carbocycles. The molecule has 29 heavy (non-hydrogen) atoms. The molecule has 0 unspecified atom stereocenters. The molecule has 2 fully saturated rings. The van der Waals surface area contributed by atoms with Gasteiger partial charge in [-0.3, -0.25) is 14.5 Å². The number of nitrogens with zero attached hydrogens (tertiary/aromatic N) is 1. The van der Waals surface area contributed by atoms with E-state index in [0.29, 0.717) is 24.1 Å². The van der Waals surface area contributed by atoms with Crippen LogP contribution in [-0.4, -0.2) is 34.8 Å². The fourth-order valence-electron chi connectivity index (χ4n) is 4.44. The fraction of sp³-hybridized carbons (Fsp3) is 0.318. The third-order valence-electron chi connectivity index (χ3n) is 5.93. The maximum atomic E-state index is 12.6. The number of anilines is 1.